The average Bonchev–Trinajstić information content (AvgIpc) is 3.39. The van der Waals surface area contributed by atoms with Crippen LogP contribution in [-0.2, 0) is 4.79 Å². The molecule has 40 heavy (non-hydrogen) atoms. The van der Waals surface area contributed by atoms with E-state index in [2.05, 4.69) is 33.8 Å². The van der Waals surface area contributed by atoms with Gasteiger partial charge in [0, 0.05) is 49.0 Å². The molecular weight excluding hydrogens is 518 g/mol. The van der Waals surface area contributed by atoms with Gasteiger partial charge in [-0.05, 0) is 51.0 Å². The highest BCUT2D eigenvalue weighted by molar-refractivity contribution is 7.99. The molecule has 206 valence electrons. The Balaban J connectivity index is 1.18. The SMILES string of the molecule is Cc1ccc(C(=O)N2CCN(C(=O)CCCSc3nnc(-c4ccccc4)n3-c3ccccc3C)CC2C)cc1. The zero-order valence-electron chi connectivity index (χ0n) is 23.3. The standard InChI is InChI=1S/C32H35N5O2S/c1-23-15-17-27(18-16-23)31(39)36-20-19-35(22-25(36)3)29(38)14-9-21-40-32-34-33-30(26-11-5-4-6-12-26)37(32)28-13-8-7-10-24(28)2/h4-8,10-13,15-18,25H,9,14,19-22H2,1-3H3. The quantitative estimate of drug-likeness (QED) is 0.204. The van der Waals surface area contributed by atoms with E-state index in [1.165, 1.54) is 0 Å². The number of aromatic nitrogens is 3. The Morgan fingerprint density at radius 2 is 1.62 bits per heavy atom. The number of para-hydroxylation sites is 1. The van der Waals surface area contributed by atoms with Crippen molar-refractivity contribution in [3.8, 4) is 17.1 Å². The van der Waals surface area contributed by atoms with Gasteiger partial charge in [0.2, 0.25) is 5.91 Å². The van der Waals surface area contributed by atoms with Crippen LogP contribution in [0.25, 0.3) is 17.1 Å². The van der Waals surface area contributed by atoms with Crippen molar-refractivity contribution in [3.05, 3.63) is 95.6 Å². The summed E-state index contributed by atoms with van der Waals surface area (Å²) in [6, 6.07) is 26.0. The Kier molecular flexibility index (Phi) is 8.65. The lowest BCUT2D eigenvalue weighted by Gasteiger charge is -2.40. The van der Waals surface area contributed by atoms with Crippen molar-refractivity contribution in [1.82, 2.24) is 24.6 Å². The zero-order valence-corrected chi connectivity index (χ0v) is 24.1. The Bertz CT molecular complexity index is 1470. The third-order valence-corrected chi connectivity index (χ3v) is 8.34. The van der Waals surface area contributed by atoms with Crippen LogP contribution in [0.1, 0.15) is 41.3 Å². The minimum Gasteiger partial charge on any atom is -0.339 e. The monoisotopic (exact) mass is 553 g/mol. The number of nitrogens with zero attached hydrogens (tertiary/aromatic N) is 5. The van der Waals surface area contributed by atoms with Gasteiger partial charge in [0.15, 0.2) is 11.0 Å². The van der Waals surface area contributed by atoms with Crippen molar-refractivity contribution in [3.63, 3.8) is 0 Å². The number of aryl methyl sites for hydroxylation is 2. The number of rotatable bonds is 8. The summed E-state index contributed by atoms with van der Waals surface area (Å²) in [6.45, 7) is 7.80. The molecule has 0 spiro atoms. The van der Waals surface area contributed by atoms with Gasteiger partial charge in [-0.3, -0.25) is 14.2 Å². The summed E-state index contributed by atoms with van der Waals surface area (Å²) in [6.07, 6.45) is 1.21. The van der Waals surface area contributed by atoms with Crippen LogP contribution in [-0.4, -0.2) is 67.8 Å². The van der Waals surface area contributed by atoms with Crippen LogP contribution in [0, 0.1) is 13.8 Å². The number of carbonyl (C=O) groups is 2. The summed E-state index contributed by atoms with van der Waals surface area (Å²) in [5.41, 5.74) is 5.03. The molecule has 1 unspecified atom stereocenters. The van der Waals surface area contributed by atoms with Crippen LogP contribution in [0.15, 0.2) is 84.0 Å². The number of carbonyl (C=O) groups excluding carboxylic acids is 2. The molecule has 4 aromatic rings. The first kappa shape index (κ1) is 27.6. The van der Waals surface area contributed by atoms with Gasteiger partial charge in [-0.1, -0.05) is 78.0 Å². The summed E-state index contributed by atoms with van der Waals surface area (Å²) in [4.78, 5) is 29.8. The van der Waals surface area contributed by atoms with E-state index in [1.54, 1.807) is 11.8 Å². The van der Waals surface area contributed by atoms with Crippen molar-refractivity contribution in [2.45, 2.75) is 44.8 Å². The first-order chi connectivity index (χ1) is 19.4. The van der Waals surface area contributed by atoms with Crippen molar-refractivity contribution in [2.75, 3.05) is 25.4 Å². The van der Waals surface area contributed by atoms with Gasteiger partial charge in [-0.15, -0.1) is 10.2 Å². The highest BCUT2D eigenvalue weighted by Gasteiger charge is 2.30. The number of hydrogen-bond donors (Lipinski definition) is 0. The second-order valence-corrected chi connectivity index (χ2v) is 11.4. The average molecular weight is 554 g/mol. The first-order valence-electron chi connectivity index (χ1n) is 13.8. The van der Waals surface area contributed by atoms with Gasteiger partial charge < -0.3 is 9.80 Å². The normalized spacial score (nSPS) is 15.3. The maximum atomic E-state index is 13.0. The molecule has 2 heterocycles. The number of piperazine rings is 1. The summed E-state index contributed by atoms with van der Waals surface area (Å²) in [5.74, 6) is 1.73. The zero-order chi connectivity index (χ0) is 28.1. The molecule has 1 aromatic heterocycles. The predicted molar refractivity (Wildman–Crippen MR) is 160 cm³/mol. The molecule has 5 rings (SSSR count). The number of hydrogen-bond acceptors (Lipinski definition) is 5. The van der Waals surface area contributed by atoms with Crippen LogP contribution in [0.5, 0.6) is 0 Å². The van der Waals surface area contributed by atoms with Crippen molar-refractivity contribution < 1.29 is 9.59 Å². The largest absolute Gasteiger partial charge is 0.339 e. The van der Waals surface area contributed by atoms with Crippen molar-refractivity contribution >= 4 is 23.6 Å². The highest BCUT2D eigenvalue weighted by Crippen LogP contribution is 2.30. The molecular formula is C32H35N5O2S. The van der Waals surface area contributed by atoms with E-state index in [4.69, 9.17) is 0 Å². The van der Waals surface area contributed by atoms with Gasteiger partial charge >= 0.3 is 0 Å². The van der Waals surface area contributed by atoms with E-state index < -0.39 is 0 Å². The van der Waals surface area contributed by atoms with Crippen molar-refractivity contribution in [2.24, 2.45) is 0 Å². The van der Waals surface area contributed by atoms with Gasteiger partial charge in [0.25, 0.3) is 5.91 Å². The summed E-state index contributed by atoms with van der Waals surface area (Å²) < 4.78 is 2.11. The van der Waals surface area contributed by atoms with Crippen LogP contribution in [0.2, 0.25) is 0 Å². The van der Waals surface area contributed by atoms with Crippen LogP contribution < -0.4 is 0 Å². The van der Waals surface area contributed by atoms with Gasteiger partial charge in [0.05, 0.1) is 5.69 Å². The van der Waals surface area contributed by atoms with E-state index in [0.29, 0.717) is 31.6 Å². The Morgan fingerprint density at radius 1 is 0.900 bits per heavy atom. The van der Waals surface area contributed by atoms with Crippen LogP contribution in [0.4, 0.5) is 0 Å². The molecule has 0 N–H and O–H groups in total. The lowest BCUT2D eigenvalue weighted by atomic mass is 10.1. The number of amides is 2. The molecule has 0 aliphatic carbocycles. The lowest BCUT2D eigenvalue weighted by molar-refractivity contribution is -0.133. The van der Waals surface area contributed by atoms with E-state index in [1.807, 2.05) is 90.4 Å². The molecule has 8 heteroatoms. The molecule has 1 aliphatic heterocycles. The van der Waals surface area contributed by atoms with Crippen molar-refractivity contribution in [1.29, 1.82) is 0 Å². The second kappa shape index (κ2) is 12.5. The minimum atomic E-state index is -0.0232. The molecule has 1 saturated heterocycles. The Hall–Kier alpha value is -3.91. The Morgan fingerprint density at radius 3 is 2.35 bits per heavy atom. The molecule has 0 radical (unpaired) electrons. The van der Waals surface area contributed by atoms with Crippen LogP contribution >= 0.6 is 11.8 Å². The third kappa shape index (κ3) is 6.12. The van der Waals surface area contributed by atoms with E-state index in [9.17, 15) is 9.59 Å². The molecule has 7 nitrogen and oxygen atoms in total. The minimum absolute atomic E-state index is 0.0232. The molecule has 1 atom stereocenters. The molecule has 0 bridgehead atoms. The second-order valence-electron chi connectivity index (χ2n) is 10.3. The lowest BCUT2D eigenvalue weighted by Crippen LogP contribution is -2.55. The molecule has 1 aliphatic rings. The number of thioether (sulfide) groups is 1. The number of benzene rings is 3. The van der Waals surface area contributed by atoms with E-state index in [-0.39, 0.29) is 17.9 Å². The first-order valence-corrected chi connectivity index (χ1v) is 14.8. The van der Waals surface area contributed by atoms with Gasteiger partial charge in [-0.2, -0.15) is 0 Å². The Labute approximate surface area is 240 Å². The van der Waals surface area contributed by atoms with Crippen LogP contribution in [0.3, 0.4) is 0 Å². The summed E-state index contributed by atoms with van der Waals surface area (Å²) in [5, 5.41) is 9.87. The fourth-order valence-electron chi connectivity index (χ4n) is 5.06. The smallest absolute Gasteiger partial charge is 0.254 e. The maximum absolute atomic E-state index is 13.0. The van der Waals surface area contributed by atoms with Gasteiger partial charge in [0.1, 0.15) is 0 Å². The van der Waals surface area contributed by atoms with Gasteiger partial charge in [-0.25, -0.2) is 0 Å². The third-order valence-electron chi connectivity index (χ3n) is 7.33. The van der Waals surface area contributed by atoms with E-state index >= 15 is 0 Å². The molecule has 3 aromatic carbocycles. The fraction of sp³-hybridized carbons (Fsp3) is 0.312. The molecule has 1 fully saturated rings. The summed E-state index contributed by atoms with van der Waals surface area (Å²) in [7, 11) is 0. The molecule has 0 saturated carbocycles. The fourth-order valence-corrected chi connectivity index (χ4v) is 5.95. The predicted octanol–water partition coefficient (Wildman–Crippen LogP) is 5.80. The summed E-state index contributed by atoms with van der Waals surface area (Å²) >= 11 is 1.62. The van der Waals surface area contributed by atoms with E-state index in [0.717, 1.165) is 45.5 Å². The highest BCUT2D eigenvalue weighted by atomic mass is 32.2. The maximum Gasteiger partial charge on any atom is 0.254 e. The topological polar surface area (TPSA) is 71.3 Å². The molecule has 2 amide bonds.